The Balaban J connectivity index is 1.75. The molecule has 0 spiro atoms. The lowest BCUT2D eigenvalue weighted by atomic mass is 9.87. The second kappa shape index (κ2) is 13.1. The summed E-state index contributed by atoms with van der Waals surface area (Å²) in [5, 5.41) is 40.5. The van der Waals surface area contributed by atoms with E-state index in [2.05, 4.69) is 20.0 Å². The van der Waals surface area contributed by atoms with Crippen LogP contribution in [0.4, 0.5) is 4.79 Å². The summed E-state index contributed by atoms with van der Waals surface area (Å²) in [6, 6.07) is 4.69. The molecule has 5 N–H and O–H groups in total. The van der Waals surface area contributed by atoms with Gasteiger partial charge in [-0.05, 0) is 30.9 Å². The Hall–Kier alpha value is -3.80. The Bertz CT molecular complexity index is 1090. The van der Waals surface area contributed by atoms with Gasteiger partial charge in [-0.3, -0.25) is 20.3 Å². The SMILES string of the molecule is CC(=O)OCOC(=O)NC(=NC=N)c1ccc([C@]2(C#N)O[C@H](CO)[C@@H](OC(=O)CC3CCCCC3)[C@H]2O)[nH]1. The van der Waals surface area contributed by atoms with Crippen molar-refractivity contribution in [3.63, 3.8) is 0 Å². The van der Waals surface area contributed by atoms with Crippen LogP contribution in [0.2, 0.25) is 0 Å². The van der Waals surface area contributed by atoms with E-state index in [0.29, 0.717) is 6.34 Å². The summed E-state index contributed by atoms with van der Waals surface area (Å²) in [6.45, 7) is -0.125. The zero-order chi connectivity index (χ0) is 27.7. The van der Waals surface area contributed by atoms with Gasteiger partial charge in [0.05, 0.1) is 18.0 Å². The maximum absolute atomic E-state index is 12.6. The molecule has 1 aromatic rings. The van der Waals surface area contributed by atoms with Crippen molar-refractivity contribution in [2.75, 3.05) is 13.4 Å². The number of ether oxygens (including phenoxy) is 4. The molecule has 38 heavy (non-hydrogen) atoms. The highest BCUT2D eigenvalue weighted by atomic mass is 16.7. The third kappa shape index (κ3) is 6.74. The standard InChI is InChI=1S/C24H31N5O9/c1-14(31)35-13-36-23(34)29-22(27-12-26)16-7-8-18(28-16)24(11-25)21(33)20(17(10-30)38-24)37-19(32)9-15-5-3-2-4-6-15/h7-8,12,15,17,20-21,28,30,33H,2-6,9-10,13H2,1H3,(H2,26,27,29,34)/t17-,20-,21-,24+/m1/s1. The van der Waals surface area contributed by atoms with Gasteiger partial charge in [-0.15, -0.1) is 0 Å². The zero-order valence-corrected chi connectivity index (χ0v) is 20.8. The summed E-state index contributed by atoms with van der Waals surface area (Å²) < 4.78 is 20.5. The second-order valence-electron chi connectivity index (χ2n) is 9.00. The minimum atomic E-state index is -2.05. The molecule has 1 aromatic heterocycles. The van der Waals surface area contributed by atoms with Crippen LogP contribution in [0.5, 0.6) is 0 Å². The fourth-order valence-corrected chi connectivity index (χ4v) is 4.58. The first-order valence-electron chi connectivity index (χ1n) is 12.1. The lowest BCUT2D eigenvalue weighted by Crippen LogP contribution is -2.42. The Morgan fingerprint density at radius 2 is 2.05 bits per heavy atom. The van der Waals surface area contributed by atoms with Crippen LogP contribution in [0.1, 0.15) is 56.8 Å². The van der Waals surface area contributed by atoms with Crippen molar-refractivity contribution in [2.45, 2.75) is 69.4 Å². The number of nitriles is 1. The van der Waals surface area contributed by atoms with Gasteiger partial charge in [-0.25, -0.2) is 9.79 Å². The van der Waals surface area contributed by atoms with Gasteiger partial charge in [-0.1, -0.05) is 19.3 Å². The van der Waals surface area contributed by atoms with Crippen LogP contribution in [-0.4, -0.2) is 77.1 Å². The molecule has 2 fully saturated rings. The normalized spacial score (nSPS) is 25.7. The quantitative estimate of drug-likeness (QED) is 0.131. The van der Waals surface area contributed by atoms with Crippen LogP contribution >= 0.6 is 0 Å². The van der Waals surface area contributed by atoms with Gasteiger partial charge in [0, 0.05) is 13.3 Å². The van der Waals surface area contributed by atoms with Gasteiger partial charge in [0.1, 0.15) is 24.6 Å². The molecule has 2 aliphatic rings. The lowest BCUT2D eigenvalue weighted by Gasteiger charge is -2.25. The van der Waals surface area contributed by atoms with Gasteiger partial charge in [0.2, 0.25) is 12.4 Å². The van der Waals surface area contributed by atoms with E-state index >= 15 is 0 Å². The number of carbonyl (C=O) groups is 3. The second-order valence-corrected chi connectivity index (χ2v) is 9.00. The average Bonchev–Trinajstić information content (AvgIpc) is 3.48. The number of rotatable bonds is 9. The number of carbonyl (C=O) groups excluding carboxylic acids is 3. The number of aliphatic hydroxyl groups is 2. The smallest absolute Gasteiger partial charge is 0.415 e. The summed E-state index contributed by atoms with van der Waals surface area (Å²) in [5.41, 5.74) is -1.91. The first-order valence-corrected chi connectivity index (χ1v) is 12.1. The number of amides is 1. The van der Waals surface area contributed by atoms with Gasteiger partial charge in [0.25, 0.3) is 0 Å². The minimum Gasteiger partial charge on any atom is -0.457 e. The molecule has 1 saturated heterocycles. The molecule has 1 amide bonds. The van der Waals surface area contributed by atoms with E-state index in [1.54, 1.807) is 0 Å². The molecule has 14 nitrogen and oxygen atoms in total. The fourth-order valence-electron chi connectivity index (χ4n) is 4.58. The number of esters is 2. The number of hydrogen-bond acceptors (Lipinski definition) is 11. The maximum Gasteiger partial charge on any atom is 0.415 e. The highest BCUT2D eigenvalue weighted by Crippen LogP contribution is 2.41. The topological polar surface area (TPSA) is 216 Å². The average molecular weight is 534 g/mol. The van der Waals surface area contributed by atoms with Crippen LogP contribution in [0.15, 0.2) is 17.1 Å². The highest BCUT2D eigenvalue weighted by Gasteiger charge is 2.58. The van der Waals surface area contributed by atoms with E-state index < -0.39 is 55.3 Å². The van der Waals surface area contributed by atoms with Crippen molar-refractivity contribution in [2.24, 2.45) is 10.9 Å². The first kappa shape index (κ1) is 28.8. The van der Waals surface area contributed by atoms with Crippen LogP contribution < -0.4 is 5.32 Å². The van der Waals surface area contributed by atoms with E-state index in [1.165, 1.54) is 12.1 Å². The van der Waals surface area contributed by atoms with Crippen molar-refractivity contribution in [3.05, 3.63) is 23.5 Å². The van der Waals surface area contributed by atoms with Gasteiger partial charge in [-0.2, -0.15) is 5.26 Å². The lowest BCUT2D eigenvalue weighted by molar-refractivity contribution is -0.158. The summed E-state index contributed by atoms with van der Waals surface area (Å²) in [4.78, 5) is 42.0. The zero-order valence-electron chi connectivity index (χ0n) is 20.8. The maximum atomic E-state index is 12.6. The predicted molar refractivity (Wildman–Crippen MR) is 129 cm³/mol. The highest BCUT2D eigenvalue weighted by molar-refractivity contribution is 6.07. The number of amidine groups is 1. The molecular weight excluding hydrogens is 502 g/mol. The number of nitrogens with one attached hydrogen (secondary N) is 3. The molecular formula is C24H31N5O9. The Kier molecular flexibility index (Phi) is 9.94. The number of H-pyrrole nitrogens is 1. The number of nitrogens with zero attached hydrogens (tertiary/aromatic N) is 2. The van der Waals surface area contributed by atoms with Gasteiger partial charge >= 0.3 is 18.0 Å². The van der Waals surface area contributed by atoms with Crippen molar-refractivity contribution in [1.82, 2.24) is 10.3 Å². The number of aromatic nitrogens is 1. The predicted octanol–water partition coefficient (Wildman–Crippen LogP) is 0.968. The van der Waals surface area contributed by atoms with Gasteiger partial charge in [0.15, 0.2) is 11.9 Å². The number of aliphatic imine (C=N–C) groups is 1. The van der Waals surface area contributed by atoms with Crippen LogP contribution in [-0.2, 0) is 34.1 Å². The van der Waals surface area contributed by atoms with E-state index in [-0.39, 0.29) is 29.6 Å². The van der Waals surface area contributed by atoms with Crippen molar-refractivity contribution in [1.29, 1.82) is 10.7 Å². The van der Waals surface area contributed by atoms with E-state index in [0.717, 1.165) is 39.0 Å². The Labute approximate surface area is 218 Å². The molecule has 1 aliphatic carbocycles. The van der Waals surface area contributed by atoms with Crippen molar-refractivity contribution >= 4 is 30.2 Å². The number of aliphatic hydroxyl groups excluding tert-OH is 2. The summed E-state index contributed by atoms with van der Waals surface area (Å²) in [7, 11) is 0. The molecule has 0 aromatic carbocycles. The third-order valence-electron chi connectivity index (χ3n) is 6.43. The third-order valence-corrected chi connectivity index (χ3v) is 6.43. The molecule has 1 aliphatic heterocycles. The Morgan fingerprint density at radius 3 is 2.68 bits per heavy atom. The fraction of sp³-hybridized carbons (Fsp3) is 0.583. The minimum absolute atomic E-state index is 0.0274. The number of alkyl carbamates (subject to hydrolysis) is 1. The molecule has 2 heterocycles. The molecule has 0 bridgehead atoms. The summed E-state index contributed by atoms with van der Waals surface area (Å²) in [5.74, 6) is -1.19. The van der Waals surface area contributed by atoms with E-state index in [9.17, 15) is 29.9 Å². The molecule has 0 unspecified atom stereocenters. The monoisotopic (exact) mass is 533 g/mol. The molecule has 206 valence electrons. The number of aromatic amines is 1. The van der Waals surface area contributed by atoms with Crippen LogP contribution in [0.3, 0.4) is 0 Å². The van der Waals surface area contributed by atoms with Crippen molar-refractivity contribution in [3.8, 4) is 6.07 Å². The van der Waals surface area contributed by atoms with Crippen molar-refractivity contribution < 1.29 is 43.5 Å². The summed E-state index contributed by atoms with van der Waals surface area (Å²) >= 11 is 0. The van der Waals surface area contributed by atoms with E-state index in [4.69, 9.17) is 19.6 Å². The van der Waals surface area contributed by atoms with E-state index in [1.807, 2.05) is 6.07 Å². The van der Waals surface area contributed by atoms with Crippen LogP contribution in [0.25, 0.3) is 0 Å². The molecule has 4 atom stereocenters. The molecule has 0 radical (unpaired) electrons. The molecule has 1 saturated carbocycles. The summed E-state index contributed by atoms with van der Waals surface area (Å²) in [6.07, 6.45) is 0.707. The number of hydrogen-bond donors (Lipinski definition) is 5. The molecule has 3 rings (SSSR count). The first-order chi connectivity index (χ1) is 18.2. The largest absolute Gasteiger partial charge is 0.457 e. The Morgan fingerprint density at radius 1 is 1.32 bits per heavy atom. The van der Waals surface area contributed by atoms with Crippen LogP contribution in [0, 0.1) is 22.7 Å². The molecule has 14 heteroatoms. The van der Waals surface area contributed by atoms with Gasteiger partial charge < -0.3 is 34.1 Å².